The lowest BCUT2D eigenvalue weighted by Gasteiger charge is -2.17. The van der Waals surface area contributed by atoms with Gasteiger partial charge in [-0.05, 0) is 18.6 Å². The van der Waals surface area contributed by atoms with Crippen molar-refractivity contribution >= 4 is 17.5 Å². The Kier molecular flexibility index (Phi) is 5.38. The van der Waals surface area contributed by atoms with E-state index in [0.717, 1.165) is 12.1 Å². The molecule has 0 aliphatic carbocycles. The van der Waals surface area contributed by atoms with E-state index in [-0.39, 0.29) is 5.91 Å². The van der Waals surface area contributed by atoms with E-state index in [4.69, 9.17) is 16.3 Å². The number of aromatic nitrogens is 1. The van der Waals surface area contributed by atoms with Crippen molar-refractivity contribution in [1.29, 1.82) is 0 Å². The Bertz CT molecular complexity index is 396. The Balaban J connectivity index is 2.84. The molecule has 1 heterocycles. The van der Waals surface area contributed by atoms with Gasteiger partial charge in [0.05, 0.1) is 6.61 Å². The number of likely N-dealkylation sites (N-methyl/N-ethyl adjacent to an activating group) is 1. The van der Waals surface area contributed by atoms with Gasteiger partial charge < -0.3 is 9.64 Å². The van der Waals surface area contributed by atoms with Crippen LogP contribution in [-0.2, 0) is 11.2 Å². The van der Waals surface area contributed by atoms with Gasteiger partial charge in [0.1, 0.15) is 5.15 Å². The molecular weight excluding hydrogens is 240 g/mol. The van der Waals surface area contributed by atoms with E-state index in [1.807, 2.05) is 6.92 Å². The highest BCUT2D eigenvalue weighted by Crippen LogP contribution is 2.13. The zero-order valence-corrected chi connectivity index (χ0v) is 11.1. The second-order valence-corrected chi connectivity index (χ2v) is 4.13. The molecule has 0 unspecified atom stereocenters. The fourth-order valence-electron chi connectivity index (χ4n) is 1.41. The Hall–Kier alpha value is -1.13. The fourth-order valence-corrected chi connectivity index (χ4v) is 1.63. The van der Waals surface area contributed by atoms with Crippen LogP contribution in [0.2, 0.25) is 5.15 Å². The normalized spacial score (nSPS) is 10.4. The topological polar surface area (TPSA) is 42.4 Å². The molecule has 17 heavy (non-hydrogen) atoms. The average Bonchev–Trinajstić information content (AvgIpc) is 2.34. The summed E-state index contributed by atoms with van der Waals surface area (Å²) in [5.41, 5.74) is 1.39. The molecule has 0 atom stereocenters. The third-order valence-electron chi connectivity index (χ3n) is 2.43. The lowest BCUT2D eigenvalue weighted by molar-refractivity contribution is 0.0744. The van der Waals surface area contributed by atoms with Gasteiger partial charge in [-0.25, -0.2) is 4.98 Å². The molecule has 0 aliphatic heterocycles. The highest BCUT2D eigenvalue weighted by Gasteiger charge is 2.13. The standard InChI is InChI=1S/C12H17ClN2O2/c1-4-10-7-9(8-11(13)14-10)12(16)15(2)5-6-17-3/h7-8H,4-6H2,1-3H3. The lowest BCUT2D eigenvalue weighted by Crippen LogP contribution is -2.30. The molecule has 0 fully saturated rings. The van der Waals surface area contributed by atoms with Crippen molar-refractivity contribution < 1.29 is 9.53 Å². The summed E-state index contributed by atoms with van der Waals surface area (Å²) in [5.74, 6) is -0.0685. The smallest absolute Gasteiger partial charge is 0.253 e. The van der Waals surface area contributed by atoms with E-state index in [2.05, 4.69) is 4.98 Å². The number of aryl methyl sites for hydroxylation is 1. The minimum Gasteiger partial charge on any atom is -0.383 e. The number of hydrogen-bond donors (Lipinski definition) is 0. The van der Waals surface area contributed by atoms with Crippen LogP contribution in [0, 0.1) is 0 Å². The zero-order valence-electron chi connectivity index (χ0n) is 10.4. The molecule has 0 spiro atoms. The predicted molar refractivity (Wildman–Crippen MR) is 67.5 cm³/mol. The van der Waals surface area contributed by atoms with Crippen molar-refractivity contribution in [2.24, 2.45) is 0 Å². The molecule has 0 aliphatic rings. The molecule has 4 nitrogen and oxygen atoms in total. The van der Waals surface area contributed by atoms with Crippen molar-refractivity contribution in [2.45, 2.75) is 13.3 Å². The van der Waals surface area contributed by atoms with Gasteiger partial charge in [0, 0.05) is 32.0 Å². The van der Waals surface area contributed by atoms with Crippen LogP contribution in [0.1, 0.15) is 23.0 Å². The maximum atomic E-state index is 12.1. The summed E-state index contributed by atoms with van der Waals surface area (Å²) in [6, 6.07) is 3.36. The summed E-state index contributed by atoms with van der Waals surface area (Å²) in [7, 11) is 3.35. The van der Waals surface area contributed by atoms with Gasteiger partial charge in [-0.1, -0.05) is 18.5 Å². The van der Waals surface area contributed by atoms with Crippen molar-refractivity contribution in [1.82, 2.24) is 9.88 Å². The van der Waals surface area contributed by atoms with Crippen LogP contribution in [-0.4, -0.2) is 43.1 Å². The highest BCUT2D eigenvalue weighted by atomic mass is 35.5. The highest BCUT2D eigenvalue weighted by molar-refractivity contribution is 6.29. The van der Waals surface area contributed by atoms with Crippen molar-refractivity contribution in [3.63, 3.8) is 0 Å². The number of carbonyl (C=O) groups excluding carboxylic acids is 1. The van der Waals surface area contributed by atoms with Gasteiger partial charge in [0.25, 0.3) is 5.91 Å². The minimum absolute atomic E-state index is 0.0685. The minimum atomic E-state index is -0.0685. The number of halogens is 1. The monoisotopic (exact) mass is 256 g/mol. The number of nitrogens with zero attached hydrogens (tertiary/aromatic N) is 2. The molecule has 0 saturated carbocycles. The van der Waals surface area contributed by atoms with E-state index < -0.39 is 0 Å². The van der Waals surface area contributed by atoms with Gasteiger partial charge >= 0.3 is 0 Å². The largest absolute Gasteiger partial charge is 0.383 e. The maximum Gasteiger partial charge on any atom is 0.253 e. The second kappa shape index (κ2) is 6.57. The molecule has 0 bridgehead atoms. The summed E-state index contributed by atoms with van der Waals surface area (Å²) in [6.07, 6.45) is 0.753. The van der Waals surface area contributed by atoms with E-state index in [1.165, 1.54) is 0 Å². The number of methoxy groups -OCH3 is 1. The molecule has 1 amide bonds. The Morgan fingerprint density at radius 3 is 2.82 bits per heavy atom. The number of rotatable bonds is 5. The molecular formula is C12H17ClN2O2. The van der Waals surface area contributed by atoms with Gasteiger partial charge in [0.2, 0.25) is 0 Å². The number of ether oxygens (including phenoxy) is 1. The molecule has 0 radical (unpaired) electrons. The van der Waals surface area contributed by atoms with Gasteiger partial charge in [-0.15, -0.1) is 0 Å². The molecule has 0 aromatic carbocycles. The van der Waals surface area contributed by atoms with Crippen LogP contribution < -0.4 is 0 Å². The number of carbonyl (C=O) groups is 1. The van der Waals surface area contributed by atoms with Crippen molar-refractivity contribution in [2.75, 3.05) is 27.3 Å². The van der Waals surface area contributed by atoms with Gasteiger partial charge in [-0.2, -0.15) is 0 Å². The number of pyridine rings is 1. The summed E-state index contributed by atoms with van der Waals surface area (Å²) in [6.45, 7) is 3.04. The first-order chi connectivity index (χ1) is 8.08. The van der Waals surface area contributed by atoms with Gasteiger partial charge in [-0.3, -0.25) is 4.79 Å². The van der Waals surface area contributed by atoms with Crippen LogP contribution in [0.5, 0.6) is 0 Å². The van der Waals surface area contributed by atoms with Crippen LogP contribution >= 0.6 is 11.6 Å². The fraction of sp³-hybridized carbons (Fsp3) is 0.500. The van der Waals surface area contributed by atoms with E-state index in [0.29, 0.717) is 23.9 Å². The van der Waals surface area contributed by atoms with Crippen molar-refractivity contribution in [3.8, 4) is 0 Å². The summed E-state index contributed by atoms with van der Waals surface area (Å²) >= 11 is 5.88. The van der Waals surface area contributed by atoms with Gasteiger partial charge in [0.15, 0.2) is 0 Å². The first-order valence-electron chi connectivity index (χ1n) is 5.49. The zero-order chi connectivity index (χ0) is 12.8. The Morgan fingerprint density at radius 1 is 1.53 bits per heavy atom. The molecule has 0 N–H and O–H groups in total. The third kappa shape index (κ3) is 3.98. The van der Waals surface area contributed by atoms with Crippen LogP contribution in [0.3, 0.4) is 0 Å². The van der Waals surface area contributed by atoms with E-state index in [1.54, 1.807) is 31.2 Å². The number of amides is 1. The van der Waals surface area contributed by atoms with Crippen molar-refractivity contribution in [3.05, 3.63) is 28.5 Å². The quantitative estimate of drug-likeness (QED) is 0.757. The maximum absolute atomic E-state index is 12.1. The van der Waals surface area contributed by atoms with Crippen LogP contribution in [0.15, 0.2) is 12.1 Å². The van der Waals surface area contributed by atoms with Crippen LogP contribution in [0.4, 0.5) is 0 Å². The third-order valence-corrected chi connectivity index (χ3v) is 2.63. The summed E-state index contributed by atoms with van der Waals surface area (Å²) in [5, 5.41) is 0.354. The Morgan fingerprint density at radius 2 is 2.24 bits per heavy atom. The molecule has 94 valence electrons. The SMILES string of the molecule is CCc1cc(C(=O)N(C)CCOC)cc(Cl)n1. The number of hydrogen-bond acceptors (Lipinski definition) is 3. The van der Waals surface area contributed by atoms with E-state index >= 15 is 0 Å². The molecule has 1 aromatic rings. The lowest BCUT2D eigenvalue weighted by atomic mass is 10.2. The Labute approximate surface area is 107 Å². The average molecular weight is 257 g/mol. The first-order valence-corrected chi connectivity index (χ1v) is 5.87. The molecule has 0 saturated heterocycles. The van der Waals surface area contributed by atoms with Crippen LogP contribution in [0.25, 0.3) is 0 Å². The molecule has 1 aromatic heterocycles. The first kappa shape index (κ1) is 13.9. The van der Waals surface area contributed by atoms with E-state index in [9.17, 15) is 4.79 Å². The molecule has 5 heteroatoms. The predicted octanol–water partition coefficient (Wildman–Crippen LogP) is 2.02. The second-order valence-electron chi connectivity index (χ2n) is 3.74. The summed E-state index contributed by atoms with van der Waals surface area (Å²) < 4.78 is 4.93. The molecule has 1 rings (SSSR count). The summed E-state index contributed by atoms with van der Waals surface area (Å²) in [4.78, 5) is 17.8.